The molecule has 0 radical (unpaired) electrons. The lowest BCUT2D eigenvalue weighted by atomic mass is 10.1. The number of para-hydroxylation sites is 1. The third-order valence-corrected chi connectivity index (χ3v) is 5.37. The largest absolute Gasteiger partial charge is 0.573 e. The first-order valence-electron chi connectivity index (χ1n) is 11.3. The van der Waals surface area contributed by atoms with Crippen molar-refractivity contribution in [3.8, 4) is 22.8 Å². The summed E-state index contributed by atoms with van der Waals surface area (Å²) in [7, 11) is 0. The molecule has 0 bridgehead atoms. The second-order valence-electron chi connectivity index (χ2n) is 8.04. The molecular weight excluding hydrogens is 501 g/mol. The average Bonchev–Trinajstić information content (AvgIpc) is 3.61. The fourth-order valence-corrected chi connectivity index (χ4v) is 3.56. The zero-order valence-corrected chi connectivity index (χ0v) is 20.3. The van der Waals surface area contributed by atoms with E-state index in [0.717, 1.165) is 22.3 Å². The lowest BCUT2D eigenvalue weighted by Crippen LogP contribution is -2.17. The molecule has 5 rings (SSSR count). The molecule has 7 nitrogen and oxygen atoms in total. The number of rotatable bonds is 7. The van der Waals surface area contributed by atoms with Crippen molar-refractivity contribution in [3.63, 3.8) is 0 Å². The van der Waals surface area contributed by atoms with Gasteiger partial charge in [0, 0.05) is 5.56 Å². The number of alkyl halides is 3. The van der Waals surface area contributed by atoms with Crippen molar-refractivity contribution in [2.75, 3.05) is 5.43 Å². The Labute approximate surface area is 216 Å². The predicted molar refractivity (Wildman–Crippen MR) is 141 cm³/mol. The molecule has 1 aromatic heterocycles. The van der Waals surface area contributed by atoms with E-state index in [0.29, 0.717) is 17.4 Å². The minimum absolute atomic E-state index is 0.292. The average molecular weight is 525 g/mol. The Balaban J connectivity index is 0.00000102. The first-order valence-corrected chi connectivity index (χ1v) is 11.7. The number of thiocarbonyl (C=S) groups is 1. The van der Waals surface area contributed by atoms with Gasteiger partial charge in [0.1, 0.15) is 12.1 Å². The number of anilines is 1. The van der Waals surface area contributed by atoms with Crippen molar-refractivity contribution in [1.29, 1.82) is 0 Å². The molecule has 3 N–H and O–H groups in total. The van der Waals surface area contributed by atoms with Crippen molar-refractivity contribution in [3.05, 3.63) is 90.3 Å². The maximum atomic E-state index is 12.3. The van der Waals surface area contributed by atoms with Crippen LogP contribution in [0.5, 0.6) is 5.75 Å². The molecule has 37 heavy (non-hydrogen) atoms. The van der Waals surface area contributed by atoms with Crippen LogP contribution in [-0.4, -0.2) is 32.8 Å². The summed E-state index contributed by atoms with van der Waals surface area (Å²) in [5, 5.41) is 8.78. The van der Waals surface area contributed by atoms with Gasteiger partial charge in [-0.15, -0.1) is 18.3 Å². The van der Waals surface area contributed by atoms with Gasteiger partial charge in [0.2, 0.25) is 0 Å². The summed E-state index contributed by atoms with van der Waals surface area (Å²) >= 11 is 4.05. The predicted octanol–water partition coefficient (Wildman–Crippen LogP) is 6.06. The first-order chi connectivity index (χ1) is 17.9. The number of hydrogen-bond acceptors (Lipinski definition) is 6. The number of hydrazone groups is 1. The topological polar surface area (TPSA) is 90.3 Å². The fraction of sp³-hybridized carbons (Fsp3) is 0.154. The van der Waals surface area contributed by atoms with E-state index >= 15 is 0 Å². The van der Waals surface area contributed by atoms with Crippen molar-refractivity contribution in [1.82, 2.24) is 14.8 Å². The molecule has 1 saturated carbocycles. The van der Waals surface area contributed by atoms with Gasteiger partial charge in [-0.3, -0.25) is 5.43 Å². The Morgan fingerprint density at radius 2 is 1.70 bits per heavy atom. The highest BCUT2D eigenvalue weighted by Crippen LogP contribution is 2.43. The number of hydrogen-bond donors (Lipinski definition) is 2. The lowest BCUT2D eigenvalue weighted by Gasteiger charge is -2.09. The zero-order valence-electron chi connectivity index (χ0n) is 19.5. The Morgan fingerprint density at radius 3 is 2.35 bits per heavy atom. The van der Waals surface area contributed by atoms with E-state index in [1.807, 2.05) is 42.5 Å². The highest BCUT2D eigenvalue weighted by Gasteiger charge is 2.31. The van der Waals surface area contributed by atoms with Gasteiger partial charge in [0.25, 0.3) is 0 Å². The van der Waals surface area contributed by atoms with Gasteiger partial charge in [0.15, 0.2) is 5.82 Å². The number of halogens is 3. The zero-order chi connectivity index (χ0) is 26.3. The van der Waals surface area contributed by atoms with Crippen LogP contribution in [0.25, 0.3) is 17.1 Å². The van der Waals surface area contributed by atoms with Crippen LogP contribution in [0.15, 0.2) is 84.2 Å². The summed E-state index contributed by atoms with van der Waals surface area (Å²) in [6.07, 6.45) is 0.989. The quantitative estimate of drug-likeness (QED) is 0.174. The van der Waals surface area contributed by atoms with E-state index in [4.69, 9.17) is 0 Å². The van der Waals surface area contributed by atoms with Gasteiger partial charge in [0.05, 0.1) is 23.1 Å². The SMILES string of the molecule is FC(F)(F)Oc1ccc(-n2cnc(-c3ccc(/C=N\Nc4ccccc4C4CC4)cc3)n2)cc1.NC=S. The number of nitrogens with two attached hydrogens (primary N) is 1. The minimum Gasteiger partial charge on any atom is -0.406 e. The van der Waals surface area contributed by atoms with Gasteiger partial charge in [-0.2, -0.15) is 5.10 Å². The molecule has 0 amide bonds. The van der Waals surface area contributed by atoms with Crippen LogP contribution in [0.4, 0.5) is 18.9 Å². The molecule has 0 saturated heterocycles. The van der Waals surface area contributed by atoms with E-state index < -0.39 is 6.36 Å². The van der Waals surface area contributed by atoms with Gasteiger partial charge >= 0.3 is 6.36 Å². The number of nitrogens with one attached hydrogen (secondary N) is 1. The monoisotopic (exact) mass is 524 g/mol. The Kier molecular flexibility index (Phi) is 8.14. The molecule has 190 valence electrons. The summed E-state index contributed by atoms with van der Waals surface area (Å²) < 4.78 is 42.3. The molecule has 1 heterocycles. The molecule has 0 aliphatic heterocycles. The summed E-state index contributed by atoms with van der Waals surface area (Å²) in [5.74, 6) is 0.839. The number of nitrogens with zero attached hydrogens (tertiary/aromatic N) is 4. The van der Waals surface area contributed by atoms with Crippen LogP contribution in [-0.2, 0) is 0 Å². The van der Waals surface area contributed by atoms with E-state index in [9.17, 15) is 13.2 Å². The Morgan fingerprint density at radius 1 is 1.03 bits per heavy atom. The van der Waals surface area contributed by atoms with Crippen LogP contribution in [0.3, 0.4) is 0 Å². The highest BCUT2D eigenvalue weighted by molar-refractivity contribution is 7.78. The smallest absolute Gasteiger partial charge is 0.406 e. The van der Waals surface area contributed by atoms with Crippen molar-refractivity contribution in [2.24, 2.45) is 10.8 Å². The van der Waals surface area contributed by atoms with Gasteiger partial charge in [-0.25, -0.2) is 9.67 Å². The van der Waals surface area contributed by atoms with E-state index in [1.165, 1.54) is 53.7 Å². The molecule has 1 fully saturated rings. The summed E-state index contributed by atoms with van der Waals surface area (Å²) in [6, 6.07) is 21.2. The Bertz CT molecular complexity index is 1350. The first kappa shape index (κ1) is 25.8. The van der Waals surface area contributed by atoms with Gasteiger partial charge in [-0.1, -0.05) is 54.7 Å². The number of ether oxygens (including phenoxy) is 1. The minimum atomic E-state index is -4.73. The fourth-order valence-electron chi connectivity index (χ4n) is 3.56. The third-order valence-electron chi connectivity index (χ3n) is 5.37. The molecule has 0 spiro atoms. The van der Waals surface area contributed by atoms with Crippen LogP contribution in [0.2, 0.25) is 0 Å². The molecule has 1 aliphatic rings. The van der Waals surface area contributed by atoms with E-state index in [1.54, 1.807) is 6.21 Å². The molecule has 0 unspecified atom stereocenters. The van der Waals surface area contributed by atoms with Crippen molar-refractivity contribution in [2.45, 2.75) is 25.1 Å². The van der Waals surface area contributed by atoms with Crippen LogP contribution in [0.1, 0.15) is 29.9 Å². The van der Waals surface area contributed by atoms with Gasteiger partial charge in [-0.05, 0) is 60.2 Å². The third kappa shape index (κ3) is 7.37. The molecule has 4 aromatic rings. The van der Waals surface area contributed by atoms with E-state index in [2.05, 4.69) is 49.4 Å². The van der Waals surface area contributed by atoms with Gasteiger partial charge < -0.3 is 10.5 Å². The maximum absolute atomic E-state index is 12.3. The van der Waals surface area contributed by atoms with Crippen LogP contribution < -0.4 is 15.9 Å². The highest BCUT2D eigenvalue weighted by atomic mass is 32.1. The second-order valence-corrected chi connectivity index (χ2v) is 8.32. The maximum Gasteiger partial charge on any atom is 0.573 e. The summed E-state index contributed by atoms with van der Waals surface area (Å²) in [6.45, 7) is 0. The van der Waals surface area contributed by atoms with Crippen molar-refractivity contribution < 1.29 is 17.9 Å². The van der Waals surface area contributed by atoms with E-state index in [-0.39, 0.29) is 5.75 Å². The Hall–Kier alpha value is -4.25. The number of aromatic nitrogens is 3. The molecular formula is C26H23F3N6OS. The molecule has 0 atom stereocenters. The number of benzene rings is 3. The van der Waals surface area contributed by atoms with Crippen molar-refractivity contribution >= 4 is 29.6 Å². The molecule has 3 aromatic carbocycles. The second kappa shape index (κ2) is 11.7. The normalized spacial score (nSPS) is 13.1. The lowest BCUT2D eigenvalue weighted by molar-refractivity contribution is -0.274. The summed E-state index contributed by atoms with van der Waals surface area (Å²) in [4.78, 5) is 4.30. The molecule has 11 heteroatoms. The van der Waals surface area contributed by atoms with Crippen LogP contribution in [0, 0.1) is 0 Å². The van der Waals surface area contributed by atoms with Crippen LogP contribution >= 0.6 is 12.2 Å². The standard InChI is InChI=1S/C25H20F3N5O.CH3NS/c26-25(27,28)34-21-13-11-20(12-14-21)33-16-29-24(32-33)19-7-5-17(6-8-19)15-30-31-23-4-2-1-3-22(23)18-9-10-18;2-1-3/h1-8,11-16,18,31H,9-10H2;1H,(H2,2,3)/b30-15-;. The molecule has 1 aliphatic carbocycles. The summed E-state index contributed by atoms with van der Waals surface area (Å²) in [5.41, 5.74) is 13.4.